The van der Waals surface area contributed by atoms with Gasteiger partial charge in [-0.1, -0.05) is 24.3 Å². The summed E-state index contributed by atoms with van der Waals surface area (Å²) in [6.45, 7) is 0. The van der Waals surface area contributed by atoms with Crippen LogP contribution in [0.15, 0.2) is 53.4 Å². The van der Waals surface area contributed by atoms with Gasteiger partial charge in [0.05, 0.1) is 0 Å². The molecule has 0 bridgehead atoms. The Morgan fingerprint density at radius 1 is 0.889 bits per heavy atom. The number of benzene rings is 2. The van der Waals surface area contributed by atoms with E-state index < -0.39 is 0 Å². The van der Waals surface area contributed by atoms with Gasteiger partial charge in [0.25, 0.3) is 0 Å². The molecular formula is C15H18N2S. The van der Waals surface area contributed by atoms with Gasteiger partial charge in [-0.2, -0.15) is 0 Å². The Balaban J connectivity index is 1.76. The van der Waals surface area contributed by atoms with Crippen LogP contribution >= 0.6 is 11.8 Å². The molecule has 0 saturated heterocycles. The van der Waals surface area contributed by atoms with Crippen LogP contribution in [0.3, 0.4) is 0 Å². The van der Waals surface area contributed by atoms with Crippen molar-refractivity contribution in [2.75, 3.05) is 17.2 Å². The summed E-state index contributed by atoms with van der Waals surface area (Å²) in [6, 6.07) is 16.1. The number of aryl methyl sites for hydroxylation is 1. The maximum atomic E-state index is 5.90. The topological polar surface area (TPSA) is 52.0 Å². The Hall–Kier alpha value is -1.61. The van der Waals surface area contributed by atoms with Crippen molar-refractivity contribution in [2.45, 2.75) is 17.7 Å². The Labute approximate surface area is 112 Å². The second-order valence-corrected chi connectivity index (χ2v) is 5.37. The second kappa shape index (κ2) is 6.36. The zero-order chi connectivity index (χ0) is 12.8. The highest BCUT2D eigenvalue weighted by molar-refractivity contribution is 7.99. The first-order valence-corrected chi connectivity index (χ1v) is 7.06. The lowest BCUT2D eigenvalue weighted by Crippen LogP contribution is -1.91. The van der Waals surface area contributed by atoms with Gasteiger partial charge in [0.2, 0.25) is 0 Å². The summed E-state index contributed by atoms with van der Waals surface area (Å²) >= 11 is 1.82. The van der Waals surface area contributed by atoms with Crippen LogP contribution in [0.4, 0.5) is 11.4 Å². The zero-order valence-electron chi connectivity index (χ0n) is 10.3. The van der Waals surface area contributed by atoms with Gasteiger partial charge >= 0.3 is 0 Å². The summed E-state index contributed by atoms with van der Waals surface area (Å²) in [5.41, 5.74) is 14.6. The summed E-state index contributed by atoms with van der Waals surface area (Å²) in [7, 11) is 0. The van der Waals surface area contributed by atoms with E-state index in [0.717, 1.165) is 30.0 Å². The van der Waals surface area contributed by atoms with Crippen molar-refractivity contribution in [3.05, 3.63) is 54.1 Å². The zero-order valence-corrected chi connectivity index (χ0v) is 11.1. The minimum absolute atomic E-state index is 0.824. The molecule has 0 saturated carbocycles. The quantitative estimate of drug-likeness (QED) is 0.489. The molecule has 2 aromatic carbocycles. The van der Waals surface area contributed by atoms with E-state index in [9.17, 15) is 0 Å². The molecule has 0 heterocycles. The predicted molar refractivity (Wildman–Crippen MR) is 80.8 cm³/mol. The number of hydrogen-bond donors (Lipinski definition) is 2. The van der Waals surface area contributed by atoms with Crippen molar-refractivity contribution in [3.8, 4) is 0 Å². The third-order valence-electron chi connectivity index (χ3n) is 2.77. The molecule has 0 amide bonds. The van der Waals surface area contributed by atoms with Gasteiger partial charge in [-0.05, 0) is 48.4 Å². The van der Waals surface area contributed by atoms with Gasteiger partial charge in [0.15, 0.2) is 0 Å². The standard InChI is InChI=1S/C15H18N2S/c16-13-9-7-12(8-10-13)4-3-11-18-15-6-2-1-5-14(15)17/h1-2,5-10H,3-4,11,16-17H2. The summed E-state index contributed by atoms with van der Waals surface area (Å²) < 4.78 is 0. The predicted octanol–water partition coefficient (Wildman–Crippen LogP) is 3.58. The maximum Gasteiger partial charge on any atom is 0.0452 e. The minimum atomic E-state index is 0.824. The molecule has 0 aromatic heterocycles. The molecule has 94 valence electrons. The summed E-state index contributed by atoms with van der Waals surface area (Å²) in [5.74, 6) is 1.08. The van der Waals surface area contributed by atoms with Crippen molar-refractivity contribution in [1.29, 1.82) is 0 Å². The first kappa shape index (κ1) is 12.8. The number of thioether (sulfide) groups is 1. The number of anilines is 2. The van der Waals surface area contributed by atoms with E-state index in [1.54, 1.807) is 0 Å². The van der Waals surface area contributed by atoms with Crippen LogP contribution in [0, 0.1) is 0 Å². The summed E-state index contributed by atoms with van der Waals surface area (Å²) in [4.78, 5) is 1.18. The number of nitrogen functional groups attached to an aromatic ring is 2. The van der Waals surface area contributed by atoms with Crippen LogP contribution in [0.5, 0.6) is 0 Å². The fraction of sp³-hybridized carbons (Fsp3) is 0.200. The van der Waals surface area contributed by atoms with Crippen LogP contribution < -0.4 is 11.5 Å². The van der Waals surface area contributed by atoms with Crippen molar-refractivity contribution in [1.82, 2.24) is 0 Å². The van der Waals surface area contributed by atoms with Crippen molar-refractivity contribution in [2.24, 2.45) is 0 Å². The highest BCUT2D eigenvalue weighted by Crippen LogP contribution is 2.25. The van der Waals surface area contributed by atoms with Crippen molar-refractivity contribution in [3.63, 3.8) is 0 Å². The average Bonchev–Trinajstić information content (AvgIpc) is 2.39. The van der Waals surface area contributed by atoms with Crippen LogP contribution in [0.1, 0.15) is 12.0 Å². The number of rotatable bonds is 5. The molecule has 2 nitrogen and oxygen atoms in total. The SMILES string of the molecule is Nc1ccc(CCCSc2ccccc2N)cc1. The molecular weight excluding hydrogens is 240 g/mol. The molecule has 2 rings (SSSR count). The largest absolute Gasteiger partial charge is 0.399 e. The minimum Gasteiger partial charge on any atom is -0.399 e. The average molecular weight is 258 g/mol. The normalized spacial score (nSPS) is 10.4. The first-order chi connectivity index (χ1) is 8.75. The summed E-state index contributed by atoms with van der Waals surface area (Å²) in [5, 5.41) is 0. The molecule has 18 heavy (non-hydrogen) atoms. The second-order valence-electron chi connectivity index (χ2n) is 4.23. The highest BCUT2D eigenvalue weighted by Gasteiger charge is 1.99. The highest BCUT2D eigenvalue weighted by atomic mass is 32.2. The fourth-order valence-electron chi connectivity index (χ4n) is 1.75. The van der Waals surface area contributed by atoms with Crippen molar-refractivity contribution >= 4 is 23.1 Å². The molecule has 2 aromatic rings. The monoisotopic (exact) mass is 258 g/mol. The lowest BCUT2D eigenvalue weighted by molar-refractivity contribution is 0.933. The molecule has 0 fully saturated rings. The number of nitrogens with two attached hydrogens (primary N) is 2. The van der Waals surface area contributed by atoms with E-state index in [0.29, 0.717) is 0 Å². The van der Waals surface area contributed by atoms with E-state index in [4.69, 9.17) is 11.5 Å². The molecule has 3 heteroatoms. The van der Waals surface area contributed by atoms with E-state index in [2.05, 4.69) is 18.2 Å². The third kappa shape index (κ3) is 3.70. The lowest BCUT2D eigenvalue weighted by atomic mass is 10.1. The fourth-order valence-corrected chi connectivity index (χ4v) is 2.67. The maximum absolute atomic E-state index is 5.90. The third-order valence-corrected chi connectivity index (χ3v) is 3.94. The smallest absolute Gasteiger partial charge is 0.0452 e. The van der Waals surface area contributed by atoms with E-state index in [1.807, 2.05) is 42.1 Å². The van der Waals surface area contributed by atoms with Gasteiger partial charge in [0.1, 0.15) is 0 Å². The van der Waals surface area contributed by atoms with Gasteiger partial charge in [0, 0.05) is 16.3 Å². The Bertz CT molecular complexity index is 494. The van der Waals surface area contributed by atoms with Crippen LogP contribution in [-0.2, 0) is 6.42 Å². The molecule has 0 unspecified atom stereocenters. The molecule has 0 aliphatic rings. The molecule has 0 radical (unpaired) electrons. The Morgan fingerprint density at radius 3 is 2.33 bits per heavy atom. The van der Waals surface area contributed by atoms with E-state index in [1.165, 1.54) is 10.5 Å². The van der Waals surface area contributed by atoms with E-state index >= 15 is 0 Å². The molecule has 0 aliphatic carbocycles. The molecule has 0 atom stereocenters. The Kier molecular flexibility index (Phi) is 4.53. The van der Waals surface area contributed by atoms with Crippen LogP contribution in [0.2, 0.25) is 0 Å². The van der Waals surface area contributed by atoms with E-state index in [-0.39, 0.29) is 0 Å². The summed E-state index contributed by atoms with van der Waals surface area (Å²) in [6.07, 6.45) is 2.23. The molecule has 0 aliphatic heterocycles. The van der Waals surface area contributed by atoms with Gasteiger partial charge in [-0.15, -0.1) is 11.8 Å². The van der Waals surface area contributed by atoms with Gasteiger partial charge in [-0.25, -0.2) is 0 Å². The molecule has 4 N–H and O–H groups in total. The van der Waals surface area contributed by atoms with Crippen LogP contribution in [-0.4, -0.2) is 5.75 Å². The number of para-hydroxylation sites is 1. The Morgan fingerprint density at radius 2 is 1.61 bits per heavy atom. The first-order valence-electron chi connectivity index (χ1n) is 6.07. The van der Waals surface area contributed by atoms with Gasteiger partial charge < -0.3 is 11.5 Å². The number of hydrogen-bond acceptors (Lipinski definition) is 3. The van der Waals surface area contributed by atoms with Gasteiger partial charge in [-0.3, -0.25) is 0 Å². The lowest BCUT2D eigenvalue weighted by Gasteiger charge is -2.05. The van der Waals surface area contributed by atoms with Crippen LogP contribution in [0.25, 0.3) is 0 Å². The van der Waals surface area contributed by atoms with Crippen molar-refractivity contribution < 1.29 is 0 Å². The molecule has 0 spiro atoms.